The van der Waals surface area contributed by atoms with Crippen molar-refractivity contribution < 1.29 is 28.8 Å². The number of aliphatic hydroxyl groups excluding tert-OH is 2. The molecule has 0 fully saturated rings. The molecule has 5 aromatic rings. The number of benzene rings is 3. The first kappa shape index (κ1) is 28.7. The van der Waals surface area contributed by atoms with Crippen molar-refractivity contribution in [3.8, 4) is 28.7 Å². The van der Waals surface area contributed by atoms with Crippen LogP contribution >= 0.6 is 0 Å². The van der Waals surface area contributed by atoms with Gasteiger partial charge in [-0.2, -0.15) is 0 Å². The molecule has 10 nitrogen and oxygen atoms in total. The predicted molar refractivity (Wildman–Crippen MR) is 156 cm³/mol. The molecule has 0 aliphatic carbocycles. The molecule has 5 rings (SSSR count). The second-order valence-electron chi connectivity index (χ2n) is 9.76. The lowest BCUT2D eigenvalue weighted by atomic mass is 10.1. The first-order valence-electron chi connectivity index (χ1n) is 13.2. The molecule has 0 bridgehead atoms. The number of nitrogens with zero attached hydrogens (tertiary/aromatic N) is 3. The lowest BCUT2D eigenvalue weighted by Crippen LogP contribution is -2.24. The minimum Gasteiger partial charge on any atom is -0.493 e. The Hall–Kier alpha value is -4.87. The Bertz CT molecular complexity index is 1780. The number of hydrogen-bond acceptors (Lipinski definition) is 8. The van der Waals surface area contributed by atoms with Crippen molar-refractivity contribution in [1.82, 2.24) is 14.3 Å². The summed E-state index contributed by atoms with van der Waals surface area (Å²) < 4.78 is 35.3. The van der Waals surface area contributed by atoms with E-state index in [0.717, 1.165) is 0 Å². The molecule has 0 saturated carbocycles. The molecule has 0 aliphatic heterocycles. The van der Waals surface area contributed by atoms with Gasteiger partial charge in [-0.05, 0) is 50.2 Å². The van der Waals surface area contributed by atoms with Gasteiger partial charge in [0.2, 0.25) is 0 Å². The molecule has 11 heteroatoms. The number of ether oxygens (including phenoxy) is 3. The minimum atomic E-state index is -1.39. The maximum Gasteiger partial charge on any atom is 0.279 e. The van der Waals surface area contributed by atoms with Gasteiger partial charge < -0.3 is 29.7 Å². The van der Waals surface area contributed by atoms with Crippen LogP contribution in [-0.2, 0) is 7.05 Å². The van der Waals surface area contributed by atoms with Gasteiger partial charge in [0.15, 0.2) is 29.3 Å². The first-order chi connectivity index (χ1) is 20.2. The van der Waals surface area contributed by atoms with Gasteiger partial charge in [0.25, 0.3) is 5.56 Å². The van der Waals surface area contributed by atoms with E-state index in [-0.39, 0.29) is 29.2 Å². The van der Waals surface area contributed by atoms with E-state index in [1.807, 2.05) is 18.2 Å². The van der Waals surface area contributed by atoms with E-state index in [9.17, 15) is 15.0 Å². The van der Waals surface area contributed by atoms with E-state index < -0.39 is 18.1 Å². The fourth-order valence-corrected chi connectivity index (χ4v) is 4.63. The number of pyridine rings is 1. The maximum absolute atomic E-state index is 15.2. The van der Waals surface area contributed by atoms with E-state index >= 15 is 4.39 Å². The van der Waals surface area contributed by atoms with Crippen molar-refractivity contribution >= 4 is 16.6 Å². The largest absolute Gasteiger partial charge is 0.493 e. The SMILES string of the molecule is COc1cc2c(Oc3ccc(NC(O)c4c(C)n(C)n(-c5ccccc5)c4=O)cc3F)ccnc2cc1OC[C@H](C)O. The molecule has 2 heterocycles. The van der Waals surface area contributed by atoms with Gasteiger partial charge in [-0.1, -0.05) is 18.2 Å². The summed E-state index contributed by atoms with van der Waals surface area (Å²) in [6.07, 6.45) is -0.530. The topological polar surface area (TPSA) is 120 Å². The van der Waals surface area contributed by atoms with Crippen LogP contribution < -0.4 is 25.1 Å². The molecular weight excluding hydrogens is 543 g/mol. The summed E-state index contributed by atoms with van der Waals surface area (Å²) in [5.74, 6) is 0.393. The van der Waals surface area contributed by atoms with Crippen LogP contribution in [0.3, 0.4) is 0 Å². The van der Waals surface area contributed by atoms with Gasteiger partial charge in [0, 0.05) is 42.1 Å². The lowest BCUT2D eigenvalue weighted by Gasteiger charge is -2.16. The van der Waals surface area contributed by atoms with Gasteiger partial charge in [-0.15, -0.1) is 0 Å². The highest BCUT2D eigenvalue weighted by atomic mass is 19.1. The van der Waals surface area contributed by atoms with Crippen molar-refractivity contribution in [1.29, 1.82) is 0 Å². The number of rotatable bonds is 10. The zero-order chi connectivity index (χ0) is 30.0. The van der Waals surface area contributed by atoms with E-state index in [1.54, 1.807) is 62.0 Å². The molecule has 0 radical (unpaired) electrons. The Balaban J connectivity index is 1.38. The second-order valence-corrected chi connectivity index (χ2v) is 9.76. The van der Waals surface area contributed by atoms with Crippen molar-refractivity contribution in [3.05, 3.63) is 100 Å². The highest BCUT2D eigenvalue weighted by Crippen LogP contribution is 2.38. The number of aliphatic hydroxyl groups is 2. The fourth-order valence-electron chi connectivity index (χ4n) is 4.63. The Labute approximate surface area is 241 Å². The normalized spacial score (nSPS) is 12.6. The number of nitrogens with one attached hydrogen (secondary N) is 1. The summed E-state index contributed by atoms with van der Waals surface area (Å²) in [4.78, 5) is 17.6. The average molecular weight is 575 g/mol. The van der Waals surface area contributed by atoms with Crippen molar-refractivity contribution in [2.75, 3.05) is 19.0 Å². The molecule has 0 amide bonds. The fraction of sp³-hybridized carbons (Fsp3) is 0.226. The molecule has 3 N–H and O–H groups in total. The average Bonchev–Trinajstić information content (AvgIpc) is 3.20. The monoisotopic (exact) mass is 574 g/mol. The smallest absolute Gasteiger partial charge is 0.279 e. The summed E-state index contributed by atoms with van der Waals surface area (Å²) in [5.41, 5.74) is 1.75. The van der Waals surface area contributed by atoms with E-state index in [0.29, 0.717) is 39.5 Å². The van der Waals surface area contributed by atoms with Crippen LogP contribution in [-0.4, -0.2) is 44.4 Å². The van der Waals surface area contributed by atoms with Crippen LogP contribution in [0.4, 0.5) is 10.1 Å². The van der Waals surface area contributed by atoms with Gasteiger partial charge >= 0.3 is 0 Å². The minimum absolute atomic E-state index is 0.0572. The van der Waals surface area contributed by atoms with Crippen LogP contribution in [0.2, 0.25) is 0 Å². The Kier molecular flexibility index (Phi) is 8.14. The number of aromatic nitrogens is 3. The van der Waals surface area contributed by atoms with Gasteiger partial charge in [-0.3, -0.25) is 14.5 Å². The lowest BCUT2D eigenvalue weighted by molar-refractivity contribution is 0.121. The summed E-state index contributed by atoms with van der Waals surface area (Å²) in [5, 5.41) is 23.9. The first-order valence-corrected chi connectivity index (χ1v) is 13.2. The third kappa shape index (κ3) is 5.65. The van der Waals surface area contributed by atoms with Crippen molar-refractivity contribution in [2.24, 2.45) is 7.05 Å². The molecular formula is C31H31FN4O6. The zero-order valence-corrected chi connectivity index (χ0v) is 23.5. The summed E-state index contributed by atoms with van der Waals surface area (Å²) in [6.45, 7) is 3.42. The van der Waals surface area contributed by atoms with Gasteiger partial charge in [-0.25, -0.2) is 9.07 Å². The van der Waals surface area contributed by atoms with Crippen LogP contribution in [0, 0.1) is 12.7 Å². The molecule has 3 aromatic carbocycles. The van der Waals surface area contributed by atoms with E-state index in [4.69, 9.17) is 14.2 Å². The molecule has 0 spiro atoms. The molecule has 2 atom stereocenters. The Morgan fingerprint density at radius 2 is 1.76 bits per heavy atom. The third-order valence-corrected chi connectivity index (χ3v) is 6.79. The van der Waals surface area contributed by atoms with Gasteiger partial charge in [0.05, 0.1) is 30.0 Å². The number of hydrogen-bond donors (Lipinski definition) is 3. The summed E-state index contributed by atoms with van der Waals surface area (Å²) in [6, 6.07) is 18.2. The Morgan fingerprint density at radius 3 is 2.45 bits per heavy atom. The molecule has 2 aromatic heterocycles. The summed E-state index contributed by atoms with van der Waals surface area (Å²) >= 11 is 0. The number of methoxy groups -OCH3 is 1. The highest BCUT2D eigenvalue weighted by molar-refractivity contribution is 5.88. The summed E-state index contributed by atoms with van der Waals surface area (Å²) in [7, 11) is 3.22. The Morgan fingerprint density at radius 1 is 1.00 bits per heavy atom. The third-order valence-electron chi connectivity index (χ3n) is 6.79. The van der Waals surface area contributed by atoms with Crippen LogP contribution in [0.25, 0.3) is 16.6 Å². The predicted octanol–water partition coefficient (Wildman–Crippen LogP) is 4.84. The van der Waals surface area contributed by atoms with Crippen LogP contribution in [0.5, 0.6) is 23.0 Å². The van der Waals surface area contributed by atoms with Crippen LogP contribution in [0.1, 0.15) is 24.4 Å². The molecule has 0 aliphatic rings. The molecule has 218 valence electrons. The second kappa shape index (κ2) is 11.9. The maximum atomic E-state index is 15.2. The number of fused-ring (bicyclic) bond motifs is 1. The van der Waals surface area contributed by atoms with E-state index in [1.165, 1.54) is 30.1 Å². The molecule has 0 saturated heterocycles. The van der Waals surface area contributed by atoms with Crippen molar-refractivity contribution in [3.63, 3.8) is 0 Å². The number of anilines is 1. The van der Waals surface area contributed by atoms with Crippen LogP contribution in [0.15, 0.2) is 77.7 Å². The van der Waals surface area contributed by atoms with E-state index in [2.05, 4.69) is 10.3 Å². The molecule has 1 unspecified atom stereocenters. The number of halogens is 1. The molecule has 42 heavy (non-hydrogen) atoms. The van der Waals surface area contributed by atoms with Gasteiger partial charge in [0.1, 0.15) is 12.4 Å². The highest BCUT2D eigenvalue weighted by Gasteiger charge is 2.23. The zero-order valence-electron chi connectivity index (χ0n) is 23.5. The standard InChI is InChI=1S/C31H31FN4O6/c1-18(37)17-41-28-16-24-22(15-27(28)40-4)25(12-13-33-24)42-26-11-10-20(14-23(26)32)34-30(38)29-19(2)35(3)36(31(29)39)21-8-6-5-7-9-21/h5-16,18,30,34,37-38H,17H2,1-4H3/t18-,30?/m0/s1. The number of para-hydroxylation sites is 1. The van der Waals surface area contributed by atoms with Crippen molar-refractivity contribution in [2.45, 2.75) is 26.2 Å². The quantitative estimate of drug-likeness (QED) is 0.203.